The summed E-state index contributed by atoms with van der Waals surface area (Å²) < 4.78 is 14.6. The Morgan fingerprint density at radius 1 is 0.600 bits per heavy atom. The Bertz CT molecular complexity index is 250. The molecule has 0 rings (SSSR count). The predicted molar refractivity (Wildman–Crippen MR) is 108 cm³/mol. The molecule has 0 aromatic rings. The van der Waals surface area contributed by atoms with E-state index in [1.54, 1.807) is 0 Å². The second kappa shape index (κ2) is 25.7. The van der Waals surface area contributed by atoms with Gasteiger partial charge in [0.25, 0.3) is 0 Å². The van der Waals surface area contributed by atoms with Crippen LogP contribution in [-0.2, 0) is 9.30 Å². The van der Waals surface area contributed by atoms with Gasteiger partial charge in [0, 0.05) is 13.2 Å². The second-order valence-corrected chi connectivity index (χ2v) is 7.39. The van der Waals surface area contributed by atoms with Crippen molar-refractivity contribution < 1.29 is 24.0 Å². The summed E-state index contributed by atoms with van der Waals surface area (Å²) in [4.78, 5) is 21.6. The average Bonchev–Trinajstić information content (AvgIpc) is 2.49. The molecule has 5 nitrogen and oxygen atoms in total. The molecule has 25 heavy (non-hydrogen) atoms. The summed E-state index contributed by atoms with van der Waals surface area (Å²) in [7, 11) is -4.64. The average molecular weight is 409 g/mol. The zero-order chi connectivity index (χ0) is 18.5. The molecule has 0 aromatic carbocycles. The zero-order valence-corrected chi connectivity index (χ0v) is 16.8. The van der Waals surface area contributed by atoms with E-state index in [0.29, 0.717) is 0 Å². The number of hydrogen-bond donors (Lipinski definition) is 3. The summed E-state index contributed by atoms with van der Waals surface area (Å²) in [6.45, 7) is 6.53. The Hall–Kier alpha value is 1.71. The number of unbranched alkanes of at least 4 members (excludes halogenated alkanes) is 12. The van der Waals surface area contributed by atoms with Crippen molar-refractivity contribution in [1.29, 1.82) is 0 Å². The quantitative estimate of drug-likeness (QED) is 0.192. The number of phosphoric acid groups is 1. The molecule has 0 spiro atoms. The van der Waals surface area contributed by atoms with E-state index < -0.39 is 7.82 Å². The summed E-state index contributed by atoms with van der Waals surface area (Å²) in [6, 6.07) is 0. The second-order valence-electron chi connectivity index (χ2n) is 6.37. The van der Waals surface area contributed by atoms with Gasteiger partial charge in [-0.3, -0.25) is 0 Å². The van der Waals surface area contributed by atoms with Crippen LogP contribution in [0.4, 0.5) is 0 Å². The monoisotopic (exact) mass is 408 g/mol. The van der Waals surface area contributed by atoms with Crippen molar-refractivity contribution in [1.82, 2.24) is 0 Å². The van der Waals surface area contributed by atoms with Crippen LogP contribution in [0.15, 0.2) is 0 Å². The third kappa shape index (κ3) is 46.1. The standard InChI is InChI=1S/C18H38O.K.H3O4P.H/c1-3-5-7-9-11-13-15-17-19-18-16-14-12-10-8-6-4-2;;1-5(2,3)4;/h3-18H2,1-2H3;;(H3,1,2,3,4);. The molecule has 0 fully saturated rings. The Balaban J connectivity index is -0.000000704. The van der Waals surface area contributed by atoms with Crippen molar-refractivity contribution in [3.05, 3.63) is 0 Å². The molecule has 7 heteroatoms. The van der Waals surface area contributed by atoms with Crippen LogP contribution in [0.5, 0.6) is 0 Å². The fourth-order valence-corrected chi connectivity index (χ4v) is 2.42. The van der Waals surface area contributed by atoms with Gasteiger partial charge in [0.2, 0.25) is 0 Å². The first kappa shape index (κ1) is 31.4. The molecule has 0 aliphatic heterocycles. The Morgan fingerprint density at radius 3 is 1.12 bits per heavy atom. The molecular weight excluding hydrogens is 366 g/mol. The predicted octanol–water partition coefficient (Wildman–Crippen LogP) is 4.93. The van der Waals surface area contributed by atoms with Gasteiger partial charge in [0.15, 0.2) is 0 Å². The van der Waals surface area contributed by atoms with Crippen LogP contribution in [0.25, 0.3) is 0 Å². The van der Waals surface area contributed by atoms with E-state index in [2.05, 4.69) is 13.8 Å². The number of rotatable bonds is 16. The van der Waals surface area contributed by atoms with Gasteiger partial charge in [-0.2, -0.15) is 0 Å². The molecule has 0 radical (unpaired) electrons. The topological polar surface area (TPSA) is 87.0 Å². The fourth-order valence-electron chi connectivity index (χ4n) is 2.42. The van der Waals surface area contributed by atoms with Crippen molar-refractivity contribution >= 4 is 59.2 Å². The van der Waals surface area contributed by atoms with Crippen LogP contribution in [-0.4, -0.2) is 79.3 Å². The van der Waals surface area contributed by atoms with Crippen LogP contribution in [0.1, 0.15) is 104 Å². The molecular formula is C18H42KO5P. The Morgan fingerprint density at radius 2 is 0.840 bits per heavy atom. The van der Waals surface area contributed by atoms with Crippen LogP contribution >= 0.6 is 7.82 Å². The minimum absolute atomic E-state index is 0. The molecule has 150 valence electrons. The SMILES string of the molecule is CCCCCCCCCOCCCCCCCCC.O=P(O)(O)O.[KH]. The maximum absolute atomic E-state index is 8.88. The molecule has 0 saturated heterocycles. The molecule has 0 aromatic heterocycles. The number of ether oxygens (including phenoxy) is 1. The van der Waals surface area contributed by atoms with Gasteiger partial charge < -0.3 is 19.4 Å². The van der Waals surface area contributed by atoms with Gasteiger partial charge in [-0.15, -0.1) is 0 Å². The zero-order valence-electron chi connectivity index (χ0n) is 15.9. The first-order valence-electron chi connectivity index (χ1n) is 9.77. The molecule has 0 heterocycles. The van der Waals surface area contributed by atoms with Gasteiger partial charge >= 0.3 is 59.2 Å². The maximum atomic E-state index is 8.88. The van der Waals surface area contributed by atoms with Crippen LogP contribution in [0.3, 0.4) is 0 Å². The first-order valence-corrected chi connectivity index (χ1v) is 11.3. The van der Waals surface area contributed by atoms with Crippen LogP contribution < -0.4 is 0 Å². The molecule has 0 bridgehead atoms. The normalized spacial score (nSPS) is 10.8. The van der Waals surface area contributed by atoms with E-state index in [1.807, 2.05) is 0 Å². The minimum atomic E-state index is -4.64. The van der Waals surface area contributed by atoms with Crippen molar-refractivity contribution in [2.45, 2.75) is 104 Å². The molecule has 0 unspecified atom stereocenters. The van der Waals surface area contributed by atoms with Crippen molar-refractivity contribution in [3.8, 4) is 0 Å². The number of hydrogen-bond acceptors (Lipinski definition) is 2. The van der Waals surface area contributed by atoms with E-state index in [0.717, 1.165) is 13.2 Å². The molecule has 0 aliphatic carbocycles. The Kier molecular flexibility index (Phi) is 32.3. The van der Waals surface area contributed by atoms with E-state index >= 15 is 0 Å². The third-order valence-electron chi connectivity index (χ3n) is 3.78. The summed E-state index contributed by atoms with van der Waals surface area (Å²) >= 11 is 0. The van der Waals surface area contributed by atoms with Crippen molar-refractivity contribution in [2.75, 3.05) is 13.2 Å². The summed E-state index contributed by atoms with van der Waals surface area (Å²) in [5, 5.41) is 0. The van der Waals surface area contributed by atoms with Gasteiger partial charge in [-0.05, 0) is 12.8 Å². The first-order chi connectivity index (χ1) is 11.4. The van der Waals surface area contributed by atoms with Gasteiger partial charge in [-0.1, -0.05) is 90.9 Å². The van der Waals surface area contributed by atoms with E-state index in [-0.39, 0.29) is 51.4 Å². The van der Waals surface area contributed by atoms with Crippen LogP contribution in [0.2, 0.25) is 0 Å². The van der Waals surface area contributed by atoms with E-state index in [4.69, 9.17) is 24.0 Å². The molecule has 0 atom stereocenters. The molecule has 0 aliphatic rings. The molecule has 0 saturated carbocycles. The summed E-state index contributed by atoms with van der Waals surface area (Å²) in [5.74, 6) is 0. The van der Waals surface area contributed by atoms with E-state index in [1.165, 1.54) is 89.9 Å². The summed E-state index contributed by atoms with van der Waals surface area (Å²) in [6.07, 6.45) is 19.3. The fraction of sp³-hybridized carbons (Fsp3) is 1.00. The van der Waals surface area contributed by atoms with Crippen molar-refractivity contribution in [3.63, 3.8) is 0 Å². The Labute approximate surface area is 198 Å². The van der Waals surface area contributed by atoms with Gasteiger partial charge in [-0.25, -0.2) is 4.57 Å². The molecule has 3 N–H and O–H groups in total. The summed E-state index contributed by atoms with van der Waals surface area (Å²) in [5.41, 5.74) is 0. The third-order valence-corrected chi connectivity index (χ3v) is 3.78. The van der Waals surface area contributed by atoms with Crippen LogP contribution in [0, 0.1) is 0 Å². The van der Waals surface area contributed by atoms with Crippen molar-refractivity contribution in [2.24, 2.45) is 0 Å². The van der Waals surface area contributed by atoms with Gasteiger partial charge in [0.1, 0.15) is 0 Å². The van der Waals surface area contributed by atoms with Gasteiger partial charge in [0.05, 0.1) is 0 Å². The van der Waals surface area contributed by atoms with E-state index in [9.17, 15) is 0 Å². The molecule has 0 amide bonds.